The maximum Gasteiger partial charge on any atom is 0.244 e. The van der Waals surface area contributed by atoms with Gasteiger partial charge in [-0.2, -0.15) is 0 Å². The molecule has 5 nitrogen and oxygen atoms in total. The van der Waals surface area contributed by atoms with Gasteiger partial charge in [0.25, 0.3) is 0 Å². The quantitative estimate of drug-likeness (QED) is 0.715. The Balaban J connectivity index is 1.44. The van der Waals surface area contributed by atoms with E-state index in [9.17, 15) is 4.79 Å². The highest BCUT2D eigenvalue weighted by molar-refractivity contribution is 5.93. The number of aryl methyl sites for hydroxylation is 2. The summed E-state index contributed by atoms with van der Waals surface area (Å²) in [5, 5.41) is 4.27. The van der Waals surface area contributed by atoms with E-state index < -0.39 is 0 Å². The monoisotopic (exact) mass is 390 g/mol. The molecule has 1 aliphatic rings. The molecule has 1 fully saturated rings. The minimum absolute atomic E-state index is 0.00173. The van der Waals surface area contributed by atoms with Crippen LogP contribution in [-0.4, -0.2) is 48.1 Å². The summed E-state index contributed by atoms with van der Waals surface area (Å²) in [7, 11) is 0. The van der Waals surface area contributed by atoms with Gasteiger partial charge in [-0.15, -0.1) is 0 Å². The van der Waals surface area contributed by atoms with Crippen LogP contribution in [0.5, 0.6) is 0 Å². The lowest BCUT2D eigenvalue weighted by molar-refractivity contribution is -0.116. The molecule has 0 unspecified atom stereocenters. The Bertz CT molecular complexity index is 1010. The number of aromatic nitrogens is 1. The summed E-state index contributed by atoms with van der Waals surface area (Å²) in [6.07, 6.45) is 0. The summed E-state index contributed by atoms with van der Waals surface area (Å²) >= 11 is 0. The predicted octanol–water partition coefficient (Wildman–Crippen LogP) is 4.04. The number of carbonyl (C=O) groups excluding carboxylic acids is 1. The molecule has 1 aliphatic heterocycles. The predicted molar refractivity (Wildman–Crippen MR) is 121 cm³/mol. The Morgan fingerprint density at radius 2 is 1.76 bits per heavy atom. The summed E-state index contributed by atoms with van der Waals surface area (Å²) < 4.78 is 2.07. The van der Waals surface area contributed by atoms with Gasteiger partial charge in [-0.3, -0.25) is 4.79 Å². The number of hydrogen-bond donors (Lipinski definition) is 1. The highest BCUT2D eigenvalue weighted by Crippen LogP contribution is 2.24. The third-order valence-corrected chi connectivity index (χ3v) is 5.99. The minimum atomic E-state index is 0.00173. The van der Waals surface area contributed by atoms with Gasteiger partial charge in [-0.25, -0.2) is 0 Å². The average Bonchev–Trinajstić information content (AvgIpc) is 3.05. The van der Waals surface area contributed by atoms with Crippen LogP contribution in [-0.2, 0) is 11.3 Å². The van der Waals surface area contributed by atoms with E-state index in [4.69, 9.17) is 0 Å². The fourth-order valence-electron chi connectivity index (χ4n) is 4.20. The topological polar surface area (TPSA) is 40.5 Å². The molecule has 3 aromatic rings. The molecule has 0 atom stereocenters. The standard InChI is InChI=1S/C24H30N4O/c1-4-26-11-13-27(14-12-26)21-9-10-22(18(2)15-21)25-24(29)17-28-19(3)16-20-7-5-6-8-23(20)28/h5-10,15-16H,4,11-14,17H2,1-3H3,(H,25,29). The molecular weight excluding hydrogens is 360 g/mol. The highest BCUT2D eigenvalue weighted by Gasteiger charge is 2.17. The number of nitrogens with one attached hydrogen (secondary N) is 1. The second kappa shape index (κ2) is 8.29. The van der Waals surface area contributed by atoms with Crippen molar-refractivity contribution in [3.63, 3.8) is 0 Å². The van der Waals surface area contributed by atoms with Crippen LogP contribution in [0.2, 0.25) is 0 Å². The summed E-state index contributed by atoms with van der Waals surface area (Å²) in [6.45, 7) is 12.1. The van der Waals surface area contributed by atoms with Crippen LogP contribution >= 0.6 is 0 Å². The van der Waals surface area contributed by atoms with E-state index in [0.29, 0.717) is 6.54 Å². The minimum Gasteiger partial charge on any atom is -0.369 e. The molecule has 0 saturated carbocycles. The van der Waals surface area contributed by atoms with Crippen molar-refractivity contribution >= 4 is 28.2 Å². The van der Waals surface area contributed by atoms with Crippen LogP contribution < -0.4 is 10.2 Å². The Kier molecular flexibility index (Phi) is 5.58. The molecule has 1 N–H and O–H groups in total. The molecule has 0 spiro atoms. The first-order chi connectivity index (χ1) is 14.0. The first-order valence-corrected chi connectivity index (χ1v) is 10.5. The van der Waals surface area contributed by atoms with E-state index in [0.717, 1.165) is 55.2 Å². The number of nitrogens with zero attached hydrogens (tertiary/aromatic N) is 3. The summed E-state index contributed by atoms with van der Waals surface area (Å²) in [5.41, 5.74) is 5.42. The van der Waals surface area contributed by atoms with E-state index in [-0.39, 0.29) is 5.91 Å². The normalized spacial score (nSPS) is 15.1. The van der Waals surface area contributed by atoms with Crippen LogP contribution in [0, 0.1) is 13.8 Å². The zero-order chi connectivity index (χ0) is 20.4. The number of anilines is 2. The second-order valence-corrected chi connectivity index (χ2v) is 7.90. The van der Waals surface area contributed by atoms with Crippen LogP contribution in [0.4, 0.5) is 11.4 Å². The van der Waals surface area contributed by atoms with Gasteiger partial charge in [-0.1, -0.05) is 25.1 Å². The summed E-state index contributed by atoms with van der Waals surface area (Å²) in [6, 6.07) is 16.7. The Hall–Kier alpha value is -2.79. The van der Waals surface area contributed by atoms with E-state index >= 15 is 0 Å². The molecule has 1 amide bonds. The van der Waals surface area contributed by atoms with Crippen molar-refractivity contribution in [3.05, 3.63) is 59.8 Å². The molecule has 5 heteroatoms. The summed E-state index contributed by atoms with van der Waals surface area (Å²) in [5.74, 6) is 0.00173. The molecule has 2 aromatic carbocycles. The molecule has 0 radical (unpaired) electrons. The van der Waals surface area contributed by atoms with Crippen molar-refractivity contribution in [3.8, 4) is 0 Å². The SMILES string of the molecule is CCN1CCN(c2ccc(NC(=O)Cn3c(C)cc4ccccc43)c(C)c2)CC1. The number of likely N-dealkylation sites (N-methyl/N-ethyl adjacent to an activating group) is 1. The van der Waals surface area contributed by atoms with Crippen molar-refractivity contribution < 1.29 is 4.79 Å². The van der Waals surface area contributed by atoms with Gasteiger partial charge in [-0.05, 0) is 61.7 Å². The number of amides is 1. The van der Waals surface area contributed by atoms with Crippen molar-refractivity contribution in [2.24, 2.45) is 0 Å². The number of para-hydroxylation sites is 1. The van der Waals surface area contributed by atoms with Gasteiger partial charge >= 0.3 is 0 Å². The molecule has 152 valence electrons. The van der Waals surface area contributed by atoms with Gasteiger partial charge in [0.1, 0.15) is 6.54 Å². The summed E-state index contributed by atoms with van der Waals surface area (Å²) in [4.78, 5) is 17.6. The number of rotatable bonds is 5. The van der Waals surface area contributed by atoms with E-state index in [1.807, 2.05) is 25.1 Å². The van der Waals surface area contributed by atoms with E-state index in [1.165, 1.54) is 11.1 Å². The number of benzene rings is 2. The largest absolute Gasteiger partial charge is 0.369 e. The molecule has 2 heterocycles. The molecule has 4 rings (SSSR count). The van der Waals surface area contributed by atoms with Gasteiger partial charge in [0.15, 0.2) is 0 Å². The van der Waals surface area contributed by atoms with E-state index in [2.05, 4.69) is 63.9 Å². The molecule has 29 heavy (non-hydrogen) atoms. The number of carbonyl (C=O) groups is 1. The smallest absolute Gasteiger partial charge is 0.244 e. The Labute approximate surface area is 172 Å². The average molecular weight is 391 g/mol. The molecule has 1 aromatic heterocycles. The molecule has 0 aliphatic carbocycles. The fourth-order valence-corrected chi connectivity index (χ4v) is 4.20. The number of fused-ring (bicyclic) bond motifs is 1. The van der Waals surface area contributed by atoms with Gasteiger partial charge in [0, 0.05) is 48.8 Å². The van der Waals surface area contributed by atoms with Crippen LogP contribution in [0.15, 0.2) is 48.5 Å². The zero-order valence-corrected chi connectivity index (χ0v) is 17.6. The van der Waals surface area contributed by atoms with E-state index in [1.54, 1.807) is 0 Å². The van der Waals surface area contributed by atoms with Crippen LogP contribution in [0.3, 0.4) is 0 Å². The first-order valence-electron chi connectivity index (χ1n) is 10.5. The zero-order valence-electron chi connectivity index (χ0n) is 17.6. The maximum atomic E-state index is 12.7. The third kappa shape index (κ3) is 4.15. The van der Waals surface area contributed by atoms with Gasteiger partial charge in [0.05, 0.1) is 0 Å². The number of hydrogen-bond acceptors (Lipinski definition) is 3. The molecule has 1 saturated heterocycles. The lowest BCUT2D eigenvalue weighted by Gasteiger charge is -2.35. The van der Waals surface area contributed by atoms with Crippen LogP contribution in [0.25, 0.3) is 10.9 Å². The molecular formula is C24H30N4O. The van der Waals surface area contributed by atoms with Crippen LogP contribution in [0.1, 0.15) is 18.2 Å². The highest BCUT2D eigenvalue weighted by atomic mass is 16.1. The van der Waals surface area contributed by atoms with Crippen molar-refractivity contribution in [1.82, 2.24) is 9.47 Å². The van der Waals surface area contributed by atoms with Crippen molar-refractivity contribution in [2.75, 3.05) is 42.9 Å². The lowest BCUT2D eigenvalue weighted by Crippen LogP contribution is -2.46. The third-order valence-electron chi connectivity index (χ3n) is 5.99. The Morgan fingerprint density at radius 1 is 1.00 bits per heavy atom. The molecule has 0 bridgehead atoms. The van der Waals surface area contributed by atoms with Gasteiger partial charge in [0.2, 0.25) is 5.91 Å². The first kappa shape index (κ1) is 19.5. The lowest BCUT2D eigenvalue weighted by atomic mass is 10.1. The van der Waals surface area contributed by atoms with Gasteiger partial charge < -0.3 is 19.7 Å². The maximum absolute atomic E-state index is 12.7. The van der Waals surface area contributed by atoms with Crippen molar-refractivity contribution in [1.29, 1.82) is 0 Å². The Morgan fingerprint density at radius 3 is 2.48 bits per heavy atom. The van der Waals surface area contributed by atoms with Crippen molar-refractivity contribution in [2.45, 2.75) is 27.3 Å². The fraction of sp³-hybridized carbons (Fsp3) is 0.375. The second-order valence-electron chi connectivity index (χ2n) is 7.90. The number of piperazine rings is 1.